The largest absolute Gasteiger partial charge is 0.424 e. The molecule has 54 heavy (non-hydrogen) atoms. The summed E-state index contributed by atoms with van der Waals surface area (Å²) < 4.78 is 39.7. The van der Waals surface area contributed by atoms with E-state index in [0.29, 0.717) is 133 Å². The third kappa shape index (κ3) is 12.6. The van der Waals surface area contributed by atoms with Crippen molar-refractivity contribution in [2.45, 2.75) is 19.5 Å². The Balaban J connectivity index is 0.901. The van der Waals surface area contributed by atoms with Crippen LogP contribution in [0.5, 0.6) is 0 Å². The smallest absolute Gasteiger partial charge is 0.292 e. The van der Waals surface area contributed by atoms with Crippen LogP contribution in [0.1, 0.15) is 17.5 Å². The van der Waals surface area contributed by atoms with Crippen molar-refractivity contribution in [1.82, 2.24) is 30.0 Å². The highest BCUT2D eigenvalue weighted by atomic mass is 16.6. The van der Waals surface area contributed by atoms with Crippen LogP contribution in [0.25, 0.3) is 43.8 Å². The molecular weight excluding hydrogens is 702 g/mol. The fourth-order valence-corrected chi connectivity index (χ4v) is 5.18. The van der Waals surface area contributed by atoms with Crippen molar-refractivity contribution in [3.05, 3.63) is 70.4 Å². The van der Waals surface area contributed by atoms with Crippen LogP contribution in [-0.2, 0) is 46.3 Å². The van der Waals surface area contributed by atoms with Gasteiger partial charge in [0.1, 0.15) is 23.4 Å². The van der Waals surface area contributed by atoms with Crippen LogP contribution in [0.2, 0.25) is 0 Å². The van der Waals surface area contributed by atoms with E-state index in [9.17, 15) is 4.79 Å². The van der Waals surface area contributed by atoms with E-state index in [0.717, 1.165) is 16.7 Å². The molecule has 0 spiro atoms. The number of azide groups is 1. The van der Waals surface area contributed by atoms with Gasteiger partial charge in [-0.3, -0.25) is 4.79 Å². The summed E-state index contributed by atoms with van der Waals surface area (Å²) in [5.41, 5.74) is 25.3. The number of benzene rings is 2. The lowest BCUT2D eigenvalue weighted by molar-refractivity contribution is -0.122. The van der Waals surface area contributed by atoms with Crippen molar-refractivity contribution in [3.63, 3.8) is 0 Å². The van der Waals surface area contributed by atoms with Gasteiger partial charge in [-0.2, -0.15) is 10.1 Å². The lowest BCUT2D eigenvalue weighted by Gasteiger charge is -2.09. The zero-order valence-corrected chi connectivity index (χ0v) is 29.9. The minimum atomic E-state index is -0.102. The fraction of sp³-hybridized carbons (Fsp3) is 0.457. The van der Waals surface area contributed by atoms with Gasteiger partial charge in [0.15, 0.2) is 11.2 Å². The first-order valence-corrected chi connectivity index (χ1v) is 17.5. The molecule has 0 aliphatic rings. The van der Waals surface area contributed by atoms with Gasteiger partial charge in [0.25, 0.3) is 6.01 Å². The Hall–Kier alpha value is -5.40. The third-order valence-electron chi connectivity index (χ3n) is 7.81. The standard InChI is InChI=1S/C35H45N11O8/c36-33-31-32(27-5-6-29-28(21-27)43-35(37)54-29)44-46(34(31)41-24-40-33)23-26-3-1-25(2-4-26)22-39-30(47)7-9-48-11-13-50-15-17-52-19-20-53-18-16-51-14-12-49-10-8-42-45-38/h1-6,21,24H,7-20,22-23H2,(H2,37,43)(H,39,47)(H2,36,40,41). The lowest BCUT2D eigenvalue weighted by atomic mass is 10.1. The van der Waals surface area contributed by atoms with Gasteiger partial charge in [0, 0.05) is 30.0 Å². The summed E-state index contributed by atoms with van der Waals surface area (Å²) in [7, 11) is 0. The number of ether oxygens (including phenoxy) is 6. The van der Waals surface area contributed by atoms with Crippen molar-refractivity contribution >= 4 is 39.9 Å². The molecule has 0 aliphatic heterocycles. The molecule has 3 aromatic heterocycles. The summed E-state index contributed by atoms with van der Waals surface area (Å²) in [6.07, 6.45) is 1.67. The second-order valence-electron chi connectivity index (χ2n) is 11.7. The first-order valence-electron chi connectivity index (χ1n) is 17.5. The van der Waals surface area contributed by atoms with Crippen molar-refractivity contribution in [2.75, 3.05) is 97.3 Å². The molecular formula is C35H45N11O8. The van der Waals surface area contributed by atoms with Crippen LogP contribution in [0, 0.1) is 0 Å². The molecule has 19 nitrogen and oxygen atoms in total. The van der Waals surface area contributed by atoms with Gasteiger partial charge in [0.2, 0.25) is 5.91 Å². The molecule has 1 amide bonds. The third-order valence-corrected chi connectivity index (χ3v) is 7.81. The number of hydrogen-bond acceptors (Lipinski definition) is 15. The zero-order chi connectivity index (χ0) is 37.8. The second kappa shape index (κ2) is 22.0. The van der Waals surface area contributed by atoms with Gasteiger partial charge in [-0.05, 0) is 34.9 Å². The Morgan fingerprint density at radius 2 is 1.43 bits per heavy atom. The highest BCUT2D eigenvalue weighted by molar-refractivity contribution is 5.99. The molecule has 0 unspecified atom stereocenters. The number of carbonyl (C=O) groups is 1. The molecule has 0 atom stereocenters. The van der Waals surface area contributed by atoms with Crippen LogP contribution in [0.3, 0.4) is 0 Å². The number of oxazole rings is 1. The maximum atomic E-state index is 12.3. The van der Waals surface area contributed by atoms with E-state index >= 15 is 0 Å². The number of amides is 1. The van der Waals surface area contributed by atoms with Crippen molar-refractivity contribution in [2.24, 2.45) is 5.11 Å². The van der Waals surface area contributed by atoms with Gasteiger partial charge >= 0.3 is 0 Å². The van der Waals surface area contributed by atoms with Gasteiger partial charge in [0.05, 0.1) is 91.2 Å². The summed E-state index contributed by atoms with van der Waals surface area (Å²) in [5, 5.41) is 11.8. The molecule has 288 valence electrons. The average molecular weight is 748 g/mol. The molecule has 0 aliphatic carbocycles. The molecule has 0 bridgehead atoms. The molecule has 3 heterocycles. The number of carbonyl (C=O) groups excluding carboxylic acids is 1. The van der Waals surface area contributed by atoms with Crippen LogP contribution in [0.15, 0.2) is 58.3 Å². The SMILES string of the molecule is [N-]=[N+]=NCCOCCOCCOCCOCCOCCOCCC(=O)NCc1ccc(Cn2nc(-c3ccc4oc(N)nc4c3)c3c(N)ncnc32)cc1. The summed E-state index contributed by atoms with van der Waals surface area (Å²) in [6.45, 7) is 6.23. The summed E-state index contributed by atoms with van der Waals surface area (Å²) in [5.74, 6) is 0.223. The molecule has 5 aromatic rings. The van der Waals surface area contributed by atoms with E-state index in [-0.39, 0.29) is 18.3 Å². The zero-order valence-electron chi connectivity index (χ0n) is 29.9. The number of aromatic nitrogens is 5. The van der Waals surface area contributed by atoms with Crippen LogP contribution >= 0.6 is 0 Å². The number of nitrogens with two attached hydrogens (primary N) is 2. The first-order chi connectivity index (χ1) is 26.5. The van der Waals surface area contributed by atoms with Crippen LogP contribution < -0.4 is 16.8 Å². The van der Waals surface area contributed by atoms with E-state index in [1.165, 1.54) is 6.33 Å². The molecule has 0 saturated heterocycles. The number of anilines is 2. The number of fused-ring (bicyclic) bond motifs is 2. The highest BCUT2D eigenvalue weighted by Crippen LogP contribution is 2.32. The van der Waals surface area contributed by atoms with Crippen molar-refractivity contribution in [1.29, 1.82) is 0 Å². The highest BCUT2D eigenvalue weighted by Gasteiger charge is 2.18. The number of nitrogens with one attached hydrogen (secondary N) is 1. The molecule has 0 saturated carbocycles. The molecule has 5 N–H and O–H groups in total. The average Bonchev–Trinajstić information content (AvgIpc) is 3.74. The second-order valence-corrected chi connectivity index (χ2v) is 11.7. The minimum absolute atomic E-state index is 0.0913. The fourth-order valence-electron chi connectivity index (χ4n) is 5.18. The predicted octanol–water partition coefficient (Wildman–Crippen LogP) is 3.26. The summed E-state index contributed by atoms with van der Waals surface area (Å²) >= 11 is 0. The Morgan fingerprint density at radius 1 is 0.815 bits per heavy atom. The van der Waals surface area contributed by atoms with Crippen LogP contribution in [-0.4, -0.2) is 116 Å². The molecule has 0 fully saturated rings. The van der Waals surface area contributed by atoms with Gasteiger partial charge < -0.3 is 49.6 Å². The monoisotopic (exact) mass is 747 g/mol. The summed E-state index contributed by atoms with van der Waals surface area (Å²) in [4.78, 5) is 27.9. The topological polar surface area (TPSA) is 255 Å². The number of nitrogen functional groups attached to an aromatic ring is 2. The Labute approximate surface area is 310 Å². The number of nitrogens with zero attached hydrogens (tertiary/aromatic N) is 8. The lowest BCUT2D eigenvalue weighted by Crippen LogP contribution is -2.24. The van der Waals surface area contributed by atoms with E-state index in [1.54, 1.807) is 10.7 Å². The first kappa shape index (κ1) is 39.8. The Bertz CT molecular complexity index is 1950. The van der Waals surface area contributed by atoms with Gasteiger partial charge in [-0.1, -0.05) is 29.4 Å². The van der Waals surface area contributed by atoms with Crippen molar-refractivity contribution < 1.29 is 37.6 Å². The molecule has 2 aromatic carbocycles. The van der Waals surface area contributed by atoms with E-state index in [2.05, 4.69) is 30.3 Å². The number of rotatable bonds is 26. The van der Waals surface area contributed by atoms with Gasteiger partial charge in [-0.25, -0.2) is 14.6 Å². The minimum Gasteiger partial charge on any atom is -0.424 e. The molecule has 5 rings (SSSR count). The van der Waals surface area contributed by atoms with E-state index in [1.807, 2.05) is 36.4 Å². The molecule has 0 radical (unpaired) electrons. The van der Waals surface area contributed by atoms with Crippen LogP contribution in [0.4, 0.5) is 11.8 Å². The Morgan fingerprint density at radius 3 is 2.07 bits per heavy atom. The normalized spacial score (nSPS) is 11.3. The van der Waals surface area contributed by atoms with Gasteiger partial charge in [-0.15, -0.1) is 0 Å². The summed E-state index contributed by atoms with van der Waals surface area (Å²) in [6, 6.07) is 13.5. The van der Waals surface area contributed by atoms with Crippen molar-refractivity contribution in [3.8, 4) is 11.3 Å². The molecule has 19 heteroatoms. The quantitative estimate of drug-likeness (QED) is 0.0318. The maximum absolute atomic E-state index is 12.3. The predicted molar refractivity (Wildman–Crippen MR) is 198 cm³/mol. The van der Waals surface area contributed by atoms with E-state index in [4.69, 9.17) is 54.9 Å². The van der Waals surface area contributed by atoms with E-state index < -0.39 is 0 Å². The maximum Gasteiger partial charge on any atom is 0.292 e. The number of hydrogen-bond donors (Lipinski definition) is 3. The Kier molecular flexibility index (Phi) is 16.2.